The molecular formula is C27H32BrFN2O2. The van der Waals surface area contributed by atoms with Gasteiger partial charge in [0.05, 0.1) is 5.52 Å². The third kappa shape index (κ3) is 5.85. The highest BCUT2D eigenvalue weighted by molar-refractivity contribution is 9.10. The van der Waals surface area contributed by atoms with E-state index in [9.17, 15) is 9.18 Å². The second kappa shape index (κ2) is 11.3. The van der Waals surface area contributed by atoms with Crippen molar-refractivity contribution in [2.45, 2.75) is 51.0 Å². The van der Waals surface area contributed by atoms with Crippen LogP contribution in [0.4, 0.5) is 4.39 Å². The maximum absolute atomic E-state index is 14.7. The van der Waals surface area contributed by atoms with Crippen molar-refractivity contribution in [2.24, 2.45) is 0 Å². The van der Waals surface area contributed by atoms with Crippen molar-refractivity contribution in [3.63, 3.8) is 0 Å². The number of rotatable bonds is 9. The number of carbonyl (C=O) groups excluding carboxylic acids is 1. The highest BCUT2D eigenvalue weighted by Gasteiger charge is 2.27. The lowest BCUT2D eigenvalue weighted by Gasteiger charge is -2.33. The van der Waals surface area contributed by atoms with Crippen LogP contribution in [0.15, 0.2) is 53.0 Å². The number of piperidine rings is 1. The standard InChI is InChI=1S/C27H32BrFN2O2/c1-33-17-5-16-31-25(18-21-7-3-9-24(29)27(21)31)22-8-4-15-30(19-22)26(32)10-2-6-20-11-13-23(28)14-12-20/h3,7,9,11-14,18,22H,2,4-6,8,10,15-17,19H2,1H3. The molecule has 1 fully saturated rings. The summed E-state index contributed by atoms with van der Waals surface area (Å²) in [4.78, 5) is 15.0. The Morgan fingerprint density at radius 1 is 1.18 bits per heavy atom. The van der Waals surface area contributed by atoms with Crippen molar-refractivity contribution in [3.8, 4) is 0 Å². The van der Waals surface area contributed by atoms with Gasteiger partial charge in [0.2, 0.25) is 5.91 Å². The number of halogens is 2. The third-order valence-electron chi connectivity index (χ3n) is 6.59. The number of amides is 1. The molecule has 3 aromatic rings. The number of likely N-dealkylation sites (tertiary alicyclic amines) is 1. The molecule has 4 rings (SSSR count). The normalized spacial score (nSPS) is 16.5. The molecule has 1 aliphatic heterocycles. The molecule has 0 saturated carbocycles. The first-order chi connectivity index (χ1) is 16.1. The van der Waals surface area contributed by atoms with Gasteiger partial charge in [-0.1, -0.05) is 40.2 Å². The SMILES string of the molecule is COCCCn1c(C2CCCN(C(=O)CCCc3ccc(Br)cc3)C2)cc2cccc(F)c21. The maximum atomic E-state index is 14.7. The molecule has 2 aromatic carbocycles. The molecule has 176 valence electrons. The van der Waals surface area contributed by atoms with Crippen LogP contribution in [0.3, 0.4) is 0 Å². The van der Waals surface area contributed by atoms with Gasteiger partial charge in [-0.3, -0.25) is 4.79 Å². The first-order valence-electron chi connectivity index (χ1n) is 11.9. The molecule has 0 aliphatic carbocycles. The Bertz CT molecular complexity index is 1080. The number of nitrogens with zero attached hydrogens (tertiary/aromatic N) is 2. The quantitative estimate of drug-likeness (QED) is 0.313. The molecule has 0 spiro atoms. The zero-order valence-electron chi connectivity index (χ0n) is 19.2. The molecule has 0 N–H and O–H groups in total. The van der Waals surface area contributed by atoms with Gasteiger partial charge in [-0.15, -0.1) is 0 Å². The monoisotopic (exact) mass is 514 g/mol. The topological polar surface area (TPSA) is 34.5 Å². The summed E-state index contributed by atoms with van der Waals surface area (Å²) in [6.07, 6.45) is 5.14. The predicted octanol–water partition coefficient (Wildman–Crippen LogP) is 6.31. The van der Waals surface area contributed by atoms with Crippen molar-refractivity contribution >= 4 is 32.7 Å². The molecule has 0 bridgehead atoms. The molecule has 0 radical (unpaired) electrons. The Kier molecular flexibility index (Phi) is 8.20. The number of fused-ring (bicyclic) bond motifs is 1. The summed E-state index contributed by atoms with van der Waals surface area (Å²) in [6.45, 7) is 2.87. The van der Waals surface area contributed by atoms with Crippen LogP contribution in [-0.4, -0.2) is 42.2 Å². The zero-order valence-corrected chi connectivity index (χ0v) is 20.8. The molecule has 1 amide bonds. The van der Waals surface area contributed by atoms with Crippen molar-refractivity contribution < 1.29 is 13.9 Å². The van der Waals surface area contributed by atoms with E-state index in [0.29, 0.717) is 31.6 Å². The van der Waals surface area contributed by atoms with Crippen molar-refractivity contribution in [3.05, 3.63) is 70.1 Å². The van der Waals surface area contributed by atoms with Gasteiger partial charge in [-0.25, -0.2) is 4.39 Å². The average Bonchev–Trinajstić information content (AvgIpc) is 3.20. The lowest BCUT2D eigenvalue weighted by atomic mass is 9.94. The van der Waals surface area contributed by atoms with E-state index < -0.39 is 0 Å². The second-order valence-corrected chi connectivity index (χ2v) is 9.82. The van der Waals surface area contributed by atoms with E-state index in [1.807, 2.05) is 23.1 Å². The van der Waals surface area contributed by atoms with Gasteiger partial charge < -0.3 is 14.2 Å². The summed E-state index contributed by atoms with van der Waals surface area (Å²) in [5.41, 5.74) is 3.06. The molecule has 6 heteroatoms. The summed E-state index contributed by atoms with van der Waals surface area (Å²) in [5, 5.41) is 0.931. The summed E-state index contributed by atoms with van der Waals surface area (Å²) in [6, 6.07) is 15.7. The van der Waals surface area contributed by atoms with Gasteiger partial charge in [0, 0.05) is 61.2 Å². The largest absolute Gasteiger partial charge is 0.385 e. The Morgan fingerprint density at radius 2 is 2.00 bits per heavy atom. The number of carbonyl (C=O) groups is 1. The Balaban J connectivity index is 1.44. The van der Waals surface area contributed by atoms with Crippen LogP contribution >= 0.6 is 15.9 Å². The van der Waals surface area contributed by atoms with Crippen molar-refractivity contribution in [1.29, 1.82) is 0 Å². The number of methoxy groups -OCH3 is 1. The van der Waals surface area contributed by atoms with E-state index in [1.165, 1.54) is 11.6 Å². The summed E-state index contributed by atoms with van der Waals surface area (Å²) < 4.78 is 23.1. The number of hydrogen-bond acceptors (Lipinski definition) is 2. The Hall–Kier alpha value is -2.18. The fourth-order valence-corrected chi connectivity index (χ4v) is 5.21. The average molecular weight is 515 g/mol. The third-order valence-corrected chi connectivity index (χ3v) is 7.12. The number of para-hydroxylation sites is 1. The lowest BCUT2D eigenvalue weighted by Crippen LogP contribution is -2.39. The summed E-state index contributed by atoms with van der Waals surface area (Å²) >= 11 is 3.46. The van der Waals surface area contributed by atoms with Gasteiger partial charge in [0.25, 0.3) is 0 Å². The molecule has 1 aromatic heterocycles. The Morgan fingerprint density at radius 3 is 2.79 bits per heavy atom. The predicted molar refractivity (Wildman–Crippen MR) is 134 cm³/mol. The second-order valence-electron chi connectivity index (χ2n) is 8.90. The molecule has 1 unspecified atom stereocenters. The fraction of sp³-hybridized carbons (Fsp3) is 0.444. The molecule has 1 aliphatic rings. The fourth-order valence-electron chi connectivity index (χ4n) is 4.94. The minimum Gasteiger partial charge on any atom is -0.385 e. The molecule has 4 nitrogen and oxygen atoms in total. The first-order valence-corrected chi connectivity index (χ1v) is 12.6. The molecule has 1 atom stereocenters. The van der Waals surface area contributed by atoms with Crippen LogP contribution in [0.25, 0.3) is 10.9 Å². The van der Waals surface area contributed by atoms with Gasteiger partial charge in [0.15, 0.2) is 0 Å². The van der Waals surface area contributed by atoms with E-state index in [2.05, 4.69) is 38.7 Å². The van der Waals surface area contributed by atoms with E-state index >= 15 is 0 Å². The highest BCUT2D eigenvalue weighted by atomic mass is 79.9. The van der Waals surface area contributed by atoms with Crippen LogP contribution in [0.5, 0.6) is 0 Å². The minimum atomic E-state index is -0.187. The number of benzene rings is 2. The number of aryl methyl sites for hydroxylation is 2. The molecule has 33 heavy (non-hydrogen) atoms. The zero-order chi connectivity index (χ0) is 23.2. The van der Waals surface area contributed by atoms with Gasteiger partial charge in [0.1, 0.15) is 5.82 Å². The molecular weight excluding hydrogens is 483 g/mol. The lowest BCUT2D eigenvalue weighted by molar-refractivity contribution is -0.132. The number of aromatic nitrogens is 1. The van der Waals surface area contributed by atoms with Crippen LogP contribution in [0.1, 0.15) is 49.3 Å². The smallest absolute Gasteiger partial charge is 0.222 e. The van der Waals surface area contributed by atoms with E-state index in [4.69, 9.17) is 4.74 Å². The minimum absolute atomic E-state index is 0.187. The van der Waals surface area contributed by atoms with Crippen molar-refractivity contribution in [2.75, 3.05) is 26.8 Å². The summed E-state index contributed by atoms with van der Waals surface area (Å²) in [5.74, 6) is 0.265. The van der Waals surface area contributed by atoms with Crippen LogP contribution in [0.2, 0.25) is 0 Å². The first kappa shape index (κ1) is 24.0. The number of ether oxygens (including phenoxy) is 1. The van der Waals surface area contributed by atoms with Crippen LogP contribution < -0.4 is 0 Å². The number of hydrogen-bond donors (Lipinski definition) is 0. The van der Waals surface area contributed by atoms with Crippen LogP contribution in [0, 0.1) is 5.82 Å². The van der Waals surface area contributed by atoms with Gasteiger partial charge >= 0.3 is 0 Å². The Labute approximate surface area is 203 Å². The molecule has 1 saturated heterocycles. The van der Waals surface area contributed by atoms with E-state index in [1.54, 1.807) is 13.2 Å². The van der Waals surface area contributed by atoms with Crippen LogP contribution in [-0.2, 0) is 22.5 Å². The van der Waals surface area contributed by atoms with Crippen molar-refractivity contribution in [1.82, 2.24) is 9.47 Å². The highest BCUT2D eigenvalue weighted by Crippen LogP contribution is 2.33. The molecule has 2 heterocycles. The van der Waals surface area contributed by atoms with E-state index in [0.717, 1.165) is 54.2 Å². The van der Waals surface area contributed by atoms with E-state index in [-0.39, 0.29) is 17.6 Å². The summed E-state index contributed by atoms with van der Waals surface area (Å²) in [7, 11) is 1.69. The van der Waals surface area contributed by atoms with Gasteiger partial charge in [-0.05, 0) is 61.9 Å². The van der Waals surface area contributed by atoms with Gasteiger partial charge in [-0.2, -0.15) is 0 Å². The maximum Gasteiger partial charge on any atom is 0.222 e.